The molecule has 18 unspecified atom stereocenters. The maximum Gasteiger partial charge on any atom is 0.329 e. The molecule has 0 saturated carbocycles. The van der Waals surface area contributed by atoms with Crippen molar-refractivity contribution in [2.75, 3.05) is 26.2 Å². The Morgan fingerprint density at radius 3 is 1.43 bits per heavy atom. The van der Waals surface area contributed by atoms with Crippen LogP contribution in [0.25, 0.3) is 0 Å². The average molecular weight is 1820 g/mol. The van der Waals surface area contributed by atoms with E-state index in [4.69, 9.17) is 16.2 Å². The Morgan fingerprint density at radius 2 is 0.961 bits per heavy atom. The summed E-state index contributed by atoms with van der Waals surface area (Å²) in [4.78, 5) is 275. The number of benzene rings is 1. The topological polar surface area (TPSA) is 643 Å². The molecule has 129 heavy (non-hydrogen) atoms. The number of nitrogens with two attached hydrogens (primary N) is 2. The third kappa shape index (κ3) is 36.9. The molecule has 0 bridgehead atoms. The van der Waals surface area contributed by atoms with Crippen molar-refractivity contribution in [2.24, 2.45) is 35.1 Å². The maximum atomic E-state index is 14.2. The lowest BCUT2D eigenvalue weighted by Gasteiger charge is -2.30. The first kappa shape index (κ1) is 111. The molecule has 18 atom stereocenters. The van der Waals surface area contributed by atoms with Gasteiger partial charge >= 0.3 is 5.97 Å². The van der Waals surface area contributed by atoms with Crippen molar-refractivity contribution in [1.82, 2.24) is 101 Å². The van der Waals surface area contributed by atoms with Crippen LogP contribution in [0.15, 0.2) is 53.9 Å². The maximum absolute atomic E-state index is 14.2. The van der Waals surface area contributed by atoms with Crippen LogP contribution in [0.2, 0.25) is 0 Å². The standard InChI is InChI=1S/C86H139N21O22/c1-20-23-25-31-55(108)40-63(109)97-57(22-3)85(127)107-37-28-32-62(107)80(122)101-60(38-42(4)5)79(121)94-49(15)71(113)92-47(13)69(111)91-48(14)70(112)93-51(17)74(116)103-65(43(6)7)81(123)89-41-64(110)90-46(12)73(115)104-66(44(8)9)82(124)95-52(18)75(117)105-67(45(10)11)83(125)98-56(21-2)76(118)106-68-53(19)129-86(128)61(39-54-29-26-24-27-30-54)102-78(120)59(34-36-88)100-77(119)58(33-35-87)99-72(114)50(16)96-84(68)126/h21-22,24,26-27,29-30,42-53,55,58-62,65-68,108H,20,23,25,28,31-41,87-88H2,1-19H3,(H,89,123)(H,90,110)(H,91,111)(H,92,113)(H,93,112)(H,94,121)(H,95,124)(H,96,126)(H,97,109)(H,98,125)(H,99,114)(H,100,119)(H,101,122)(H,102,120)(H,103,116)(H,104,115)(H,105,117)(H,106,118)/b56-21-,57-22-. The van der Waals surface area contributed by atoms with Crippen LogP contribution < -0.4 is 107 Å². The SMILES string of the molecule is C/C=C(\NC(=O)C(NC(=O)C(C)NC(=O)C(NC(=O)C(C)NC(=O)CNC(=O)C(NC(=O)C(C)NC(=O)C(C)NC(=O)C(C)NC(=O)C(C)NC(=O)C(CC(C)C)NC(=O)C1CCCN1C(=O)/C(=C/C)NC(=O)CC(O)CCCCC)C(C)C)C(C)C)C(C)C)C(=O)NC1C(=O)NC(C)C(=O)NC(CCN)C(=O)NC(CCN)C(=O)NC(Cc2ccccc2)C(=O)OC1C. The summed E-state index contributed by atoms with van der Waals surface area (Å²) in [6, 6.07) is -13.0. The van der Waals surface area contributed by atoms with Crippen LogP contribution in [0.5, 0.6) is 0 Å². The van der Waals surface area contributed by atoms with E-state index in [9.17, 15) is 101 Å². The van der Waals surface area contributed by atoms with E-state index < -0.39 is 257 Å². The quantitative estimate of drug-likeness (QED) is 0.0167. The molecular formula is C86H139N21O22. The van der Waals surface area contributed by atoms with Gasteiger partial charge in [0.1, 0.15) is 114 Å². The summed E-state index contributed by atoms with van der Waals surface area (Å²) >= 11 is 0. The van der Waals surface area contributed by atoms with E-state index in [-0.39, 0.29) is 69.8 Å². The van der Waals surface area contributed by atoms with Gasteiger partial charge in [-0.3, -0.25) is 91.1 Å². The van der Waals surface area contributed by atoms with E-state index in [0.717, 1.165) is 25.3 Å². The average Bonchev–Trinajstić information content (AvgIpc) is 1.66. The minimum atomic E-state index is -1.83. The lowest BCUT2D eigenvalue weighted by Crippen LogP contribution is -2.61. The molecule has 1 aromatic rings. The second-order valence-corrected chi connectivity index (χ2v) is 33.8. The van der Waals surface area contributed by atoms with Gasteiger partial charge in [-0.1, -0.05) is 124 Å². The number of unbranched alkanes of at least 4 members (excludes halogenated alkanes) is 2. The number of hydrogen-bond donors (Lipinski definition) is 21. The lowest BCUT2D eigenvalue weighted by atomic mass is 10.0. The smallest absolute Gasteiger partial charge is 0.329 e. The highest BCUT2D eigenvalue weighted by Crippen LogP contribution is 2.22. The zero-order valence-corrected chi connectivity index (χ0v) is 77.5. The molecule has 2 heterocycles. The first-order chi connectivity index (χ1) is 60.5. The van der Waals surface area contributed by atoms with Crippen LogP contribution in [-0.2, 0) is 107 Å². The fourth-order valence-electron chi connectivity index (χ4n) is 13.4. The van der Waals surface area contributed by atoms with Crippen molar-refractivity contribution in [3.05, 3.63) is 59.4 Å². The molecule has 2 aliphatic heterocycles. The predicted octanol–water partition coefficient (Wildman–Crippen LogP) is -4.22. The summed E-state index contributed by atoms with van der Waals surface area (Å²) in [7, 11) is 0. The number of aliphatic hydroxyl groups is 1. The van der Waals surface area contributed by atoms with Gasteiger partial charge in [0.15, 0.2) is 0 Å². The molecular weight excluding hydrogens is 1680 g/mol. The number of nitrogens with one attached hydrogen (secondary N) is 18. The summed E-state index contributed by atoms with van der Waals surface area (Å²) in [5.41, 5.74) is 11.6. The van der Waals surface area contributed by atoms with E-state index in [1.54, 1.807) is 78.8 Å². The fourth-order valence-corrected chi connectivity index (χ4v) is 13.4. The molecule has 0 aliphatic carbocycles. The Morgan fingerprint density at radius 1 is 0.512 bits per heavy atom. The van der Waals surface area contributed by atoms with Crippen LogP contribution in [0.1, 0.15) is 201 Å². The molecule has 2 saturated heterocycles. The molecule has 0 radical (unpaired) electrons. The van der Waals surface area contributed by atoms with Crippen molar-refractivity contribution >= 4 is 118 Å². The van der Waals surface area contributed by atoms with Crippen molar-refractivity contribution in [2.45, 2.75) is 311 Å². The normalized spacial score (nSPS) is 20.3. The molecule has 720 valence electrons. The zero-order chi connectivity index (χ0) is 97.5. The highest BCUT2D eigenvalue weighted by atomic mass is 16.5. The molecule has 1 aromatic carbocycles. The Balaban J connectivity index is 1.59. The van der Waals surface area contributed by atoms with E-state index in [1.165, 1.54) is 73.3 Å². The van der Waals surface area contributed by atoms with Gasteiger partial charge in [-0.2, -0.15) is 0 Å². The molecule has 2 fully saturated rings. The second kappa shape index (κ2) is 55.0. The molecule has 2 aliphatic rings. The van der Waals surface area contributed by atoms with Gasteiger partial charge in [0, 0.05) is 13.0 Å². The van der Waals surface area contributed by atoms with Gasteiger partial charge in [-0.25, -0.2) is 4.79 Å². The molecule has 23 N–H and O–H groups in total. The Labute approximate surface area is 753 Å². The molecule has 3 rings (SSSR count). The van der Waals surface area contributed by atoms with Gasteiger partial charge in [0.2, 0.25) is 100 Å². The van der Waals surface area contributed by atoms with Crippen molar-refractivity contribution in [3.63, 3.8) is 0 Å². The minimum absolute atomic E-state index is 0.0695. The van der Waals surface area contributed by atoms with Gasteiger partial charge in [-0.05, 0) is 150 Å². The Hall–Kier alpha value is -12.0. The van der Waals surface area contributed by atoms with Crippen molar-refractivity contribution < 1.29 is 106 Å². The molecule has 0 aromatic heterocycles. The first-order valence-corrected chi connectivity index (χ1v) is 43.9. The van der Waals surface area contributed by atoms with E-state index >= 15 is 0 Å². The van der Waals surface area contributed by atoms with E-state index in [2.05, 4.69) is 95.7 Å². The number of esters is 1. The van der Waals surface area contributed by atoms with Crippen LogP contribution in [0, 0.1) is 23.7 Å². The number of aliphatic hydroxyl groups excluding tert-OH is 1. The third-order valence-corrected chi connectivity index (χ3v) is 21.2. The number of ether oxygens (including phenoxy) is 1. The van der Waals surface area contributed by atoms with Crippen LogP contribution in [-0.4, -0.2) is 263 Å². The van der Waals surface area contributed by atoms with Gasteiger partial charge in [0.25, 0.3) is 11.8 Å². The van der Waals surface area contributed by atoms with Crippen molar-refractivity contribution in [3.8, 4) is 0 Å². The largest absolute Gasteiger partial charge is 0.458 e. The van der Waals surface area contributed by atoms with Crippen LogP contribution in [0.3, 0.4) is 0 Å². The summed E-state index contributed by atoms with van der Waals surface area (Å²) in [5.74, 6) is -19.2. The lowest BCUT2D eigenvalue weighted by molar-refractivity contribution is -0.156. The van der Waals surface area contributed by atoms with E-state index in [0.29, 0.717) is 18.4 Å². The summed E-state index contributed by atoms with van der Waals surface area (Å²) in [6.45, 7) is 27.6. The molecule has 19 amide bonds. The van der Waals surface area contributed by atoms with Crippen LogP contribution >= 0.6 is 0 Å². The number of nitrogens with zero attached hydrogens (tertiary/aromatic N) is 1. The first-order valence-electron chi connectivity index (χ1n) is 43.9. The molecule has 43 nitrogen and oxygen atoms in total. The minimum Gasteiger partial charge on any atom is -0.458 e. The zero-order valence-electron chi connectivity index (χ0n) is 77.5. The second-order valence-electron chi connectivity index (χ2n) is 33.8. The number of likely N-dealkylation sites (tertiary alicyclic amines) is 1. The summed E-state index contributed by atoms with van der Waals surface area (Å²) in [5, 5.41) is 55.5. The fraction of sp³-hybridized carbons (Fsp3) is 0.651. The molecule has 0 spiro atoms. The Kier molecular flexibility index (Phi) is 47.4. The van der Waals surface area contributed by atoms with Crippen molar-refractivity contribution in [1.29, 1.82) is 0 Å². The monoisotopic (exact) mass is 1820 g/mol. The third-order valence-electron chi connectivity index (χ3n) is 21.2. The number of carbonyl (C=O) groups is 20. The number of hydrogen-bond acceptors (Lipinski definition) is 24. The van der Waals surface area contributed by atoms with Gasteiger partial charge in [-0.15, -0.1) is 0 Å². The highest BCUT2D eigenvalue weighted by Gasteiger charge is 2.42. The predicted molar refractivity (Wildman–Crippen MR) is 472 cm³/mol. The molecule has 43 heteroatoms. The number of allylic oxidation sites excluding steroid dienone is 2. The number of amides is 19. The Bertz CT molecular complexity index is 4160. The number of carbonyl (C=O) groups excluding carboxylic acids is 20. The highest BCUT2D eigenvalue weighted by molar-refractivity contribution is 6.05. The summed E-state index contributed by atoms with van der Waals surface area (Å²) < 4.78 is 5.79. The summed E-state index contributed by atoms with van der Waals surface area (Å²) in [6.07, 6.45) is 3.35. The number of rotatable bonds is 45. The van der Waals surface area contributed by atoms with Crippen LogP contribution in [0.4, 0.5) is 0 Å². The van der Waals surface area contributed by atoms with Gasteiger partial charge < -0.3 is 122 Å². The number of cyclic esters (lactones) is 1. The van der Waals surface area contributed by atoms with Gasteiger partial charge in [0.05, 0.1) is 19.1 Å². The van der Waals surface area contributed by atoms with E-state index in [1.807, 2.05) is 20.8 Å².